The Kier molecular flexibility index (Phi) is 6.98. The molecule has 0 unspecified atom stereocenters. The first-order valence-electron chi connectivity index (χ1n) is 10.9. The fourth-order valence-corrected chi connectivity index (χ4v) is 4.85. The van der Waals surface area contributed by atoms with Crippen molar-refractivity contribution >= 4 is 56.2 Å². The van der Waals surface area contributed by atoms with Crippen LogP contribution in [0.25, 0.3) is 0 Å². The number of piperazine rings is 1. The molecule has 0 saturated carbocycles. The number of para-hydroxylation sites is 1. The van der Waals surface area contributed by atoms with Gasteiger partial charge in [-0.05, 0) is 84.7 Å². The van der Waals surface area contributed by atoms with Gasteiger partial charge in [0.1, 0.15) is 0 Å². The van der Waals surface area contributed by atoms with Crippen LogP contribution in [0.15, 0.2) is 65.1 Å². The summed E-state index contributed by atoms with van der Waals surface area (Å²) < 4.78 is 0.957. The smallest absolute Gasteiger partial charge is 0.257 e. The topological polar surface area (TPSA) is 56.4 Å². The molecule has 3 aromatic carbocycles. The first kappa shape index (κ1) is 23.6. The molecule has 1 fully saturated rings. The van der Waals surface area contributed by atoms with E-state index in [4.69, 9.17) is 11.6 Å². The first-order valence-corrected chi connectivity index (χ1v) is 12.1. The van der Waals surface area contributed by atoms with E-state index in [-0.39, 0.29) is 11.4 Å². The van der Waals surface area contributed by atoms with Gasteiger partial charge in [0, 0.05) is 46.0 Å². The summed E-state index contributed by atoms with van der Waals surface area (Å²) in [6, 6.07) is 19.1. The summed E-state index contributed by atoms with van der Waals surface area (Å²) in [5, 5.41) is 10.6. The molecule has 0 aliphatic carbocycles. The third kappa shape index (κ3) is 5.69. The molecule has 33 heavy (non-hydrogen) atoms. The number of hydrogen-bond donors (Lipinski definition) is 3. The van der Waals surface area contributed by atoms with Crippen LogP contribution in [0, 0.1) is 6.92 Å². The number of halogens is 2. The van der Waals surface area contributed by atoms with Crippen LogP contribution in [0.1, 0.15) is 29.8 Å². The van der Waals surface area contributed by atoms with Crippen LogP contribution >= 0.6 is 27.5 Å². The third-order valence-electron chi connectivity index (χ3n) is 5.76. The number of amides is 1. The Morgan fingerprint density at radius 2 is 1.88 bits per heavy atom. The minimum absolute atomic E-state index is 0.0582. The highest BCUT2D eigenvalue weighted by molar-refractivity contribution is 9.10. The maximum absolute atomic E-state index is 13.1. The monoisotopic (exact) mass is 526 g/mol. The normalized spacial score (nSPS) is 15.2. The molecule has 1 saturated heterocycles. The molecule has 1 aliphatic heterocycles. The van der Waals surface area contributed by atoms with Gasteiger partial charge in [0.15, 0.2) is 0 Å². The van der Waals surface area contributed by atoms with Crippen molar-refractivity contribution in [3.8, 4) is 0 Å². The number of rotatable bonds is 5. The van der Waals surface area contributed by atoms with Gasteiger partial charge in [0.2, 0.25) is 0 Å². The maximum atomic E-state index is 13.1. The average molecular weight is 528 g/mol. The zero-order chi connectivity index (χ0) is 23.6. The fraction of sp³-hybridized carbons (Fsp3) is 0.269. The van der Waals surface area contributed by atoms with Crippen molar-refractivity contribution in [2.75, 3.05) is 35.2 Å². The lowest BCUT2D eigenvalue weighted by atomic mass is 10.0. The van der Waals surface area contributed by atoms with Gasteiger partial charge in [-0.1, -0.05) is 29.8 Å². The average Bonchev–Trinajstić information content (AvgIpc) is 2.76. The summed E-state index contributed by atoms with van der Waals surface area (Å²) >= 11 is 9.86. The van der Waals surface area contributed by atoms with E-state index in [9.17, 15) is 4.79 Å². The van der Waals surface area contributed by atoms with E-state index < -0.39 is 0 Å². The van der Waals surface area contributed by atoms with Gasteiger partial charge in [0.25, 0.3) is 5.91 Å². The lowest BCUT2D eigenvalue weighted by Gasteiger charge is -2.40. The summed E-state index contributed by atoms with van der Waals surface area (Å²) in [6.45, 7) is 9.21. The number of nitrogens with zero attached hydrogens (tertiary/aromatic N) is 1. The molecule has 5 nitrogen and oxygen atoms in total. The minimum Gasteiger partial charge on any atom is -0.368 e. The van der Waals surface area contributed by atoms with Gasteiger partial charge in [-0.2, -0.15) is 0 Å². The quantitative estimate of drug-likeness (QED) is 0.350. The van der Waals surface area contributed by atoms with Crippen LogP contribution in [0.3, 0.4) is 0 Å². The highest BCUT2D eigenvalue weighted by Crippen LogP contribution is 2.32. The van der Waals surface area contributed by atoms with Gasteiger partial charge < -0.3 is 20.9 Å². The molecular formula is C26H28BrClN4O. The Morgan fingerprint density at radius 1 is 1.09 bits per heavy atom. The molecule has 7 heteroatoms. The number of aryl methyl sites for hydroxylation is 1. The standard InChI is InChI=1S/C26H28BrClN4O/c1-17-8-9-18(28)14-23(17)31-22-7-5-4-6-20(22)25(33)30-19-10-11-24(21(27)15-19)32-13-12-29-26(2,3)16-32/h4-11,14-15,29,31H,12-13,16H2,1-3H3,(H,30,33). The van der Waals surface area contributed by atoms with Crippen molar-refractivity contribution in [2.24, 2.45) is 0 Å². The molecule has 0 aromatic heterocycles. The van der Waals surface area contributed by atoms with Gasteiger partial charge in [-0.15, -0.1) is 0 Å². The van der Waals surface area contributed by atoms with E-state index >= 15 is 0 Å². The second-order valence-electron chi connectivity index (χ2n) is 8.98. The number of carbonyl (C=O) groups excluding carboxylic acids is 1. The van der Waals surface area contributed by atoms with E-state index in [1.807, 2.05) is 61.5 Å². The summed E-state index contributed by atoms with van der Waals surface area (Å²) in [5.41, 5.74) is 5.11. The van der Waals surface area contributed by atoms with E-state index in [2.05, 4.69) is 56.7 Å². The van der Waals surface area contributed by atoms with Crippen molar-refractivity contribution < 1.29 is 4.79 Å². The number of anilines is 4. The van der Waals surface area contributed by atoms with Crippen molar-refractivity contribution in [1.82, 2.24) is 5.32 Å². The SMILES string of the molecule is Cc1ccc(Cl)cc1Nc1ccccc1C(=O)Nc1ccc(N2CCNC(C)(C)C2)c(Br)c1. The van der Waals surface area contributed by atoms with Crippen LogP contribution in [0.2, 0.25) is 5.02 Å². The van der Waals surface area contributed by atoms with Crippen molar-refractivity contribution in [3.05, 3.63) is 81.3 Å². The number of nitrogens with one attached hydrogen (secondary N) is 3. The fourth-order valence-electron chi connectivity index (χ4n) is 4.05. The van der Waals surface area contributed by atoms with Crippen molar-refractivity contribution in [3.63, 3.8) is 0 Å². The van der Waals surface area contributed by atoms with E-state index in [0.717, 1.165) is 52.4 Å². The molecular weight excluding hydrogens is 500 g/mol. The summed E-state index contributed by atoms with van der Waals surface area (Å²) in [4.78, 5) is 15.5. The van der Waals surface area contributed by atoms with E-state index in [1.165, 1.54) is 0 Å². The second kappa shape index (κ2) is 9.75. The number of carbonyl (C=O) groups is 1. The zero-order valence-electron chi connectivity index (χ0n) is 19.0. The lowest BCUT2D eigenvalue weighted by molar-refractivity contribution is 0.102. The van der Waals surface area contributed by atoms with Crippen LogP contribution in [0.4, 0.5) is 22.7 Å². The summed E-state index contributed by atoms with van der Waals surface area (Å²) in [5.74, 6) is -0.180. The van der Waals surface area contributed by atoms with Gasteiger partial charge in [-0.25, -0.2) is 0 Å². The Labute approximate surface area is 208 Å². The third-order valence-corrected chi connectivity index (χ3v) is 6.63. The second-order valence-corrected chi connectivity index (χ2v) is 10.3. The molecule has 3 aromatic rings. The first-order chi connectivity index (χ1) is 15.7. The Balaban J connectivity index is 1.52. The van der Waals surface area contributed by atoms with Gasteiger partial charge in [-0.3, -0.25) is 4.79 Å². The Bertz CT molecular complexity index is 1180. The predicted octanol–water partition coefficient (Wildman–Crippen LogP) is 6.60. The molecule has 3 N–H and O–H groups in total. The lowest BCUT2D eigenvalue weighted by Crippen LogP contribution is -2.57. The molecule has 4 rings (SSSR count). The highest BCUT2D eigenvalue weighted by atomic mass is 79.9. The van der Waals surface area contributed by atoms with Crippen molar-refractivity contribution in [2.45, 2.75) is 26.3 Å². The number of benzene rings is 3. The molecule has 0 spiro atoms. The molecule has 1 heterocycles. The maximum Gasteiger partial charge on any atom is 0.257 e. The van der Waals surface area contributed by atoms with Crippen LogP contribution in [-0.4, -0.2) is 31.1 Å². The molecule has 0 radical (unpaired) electrons. The molecule has 0 atom stereocenters. The summed E-state index contributed by atoms with van der Waals surface area (Å²) in [7, 11) is 0. The number of hydrogen-bond acceptors (Lipinski definition) is 4. The Morgan fingerprint density at radius 3 is 2.64 bits per heavy atom. The highest BCUT2D eigenvalue weighted by Gasteiger charge is 2.26. The molecule has 1 aliphatic rings. The van der Waals surface area contributed by atoms with Gasteiger partial charge in [0.05, 0.1) is 16.9 Å². The van der Waals surface area contributed by atoms with E-state index in [1.54, 1.807) is 0 Å². The van der Waals surface area contributed by atoms with Crippen LogP contribution < -0.4 is 20.9 Å². The molecule has 172 valence electrons. The summed E-state index contributed by atoms with van der Waals surface area (Å²) in [6.07, 6.45) is 0. The van der Waals surface area contributed by atoms with Gasteiger partial charge >= 0.3 is 0 Å². The molecule has 1 amide bonds. The predicted molar refractivity (Wildman–Crippen MR) is 142 cm³/mol. The van der Waals surface area contributed by atoms with Crippen LogP contribution in [-0.2, 0) is 0 Å². The minimum atomic E-state index is -0.180. The van der Waals surface area contributed by atoms with Crippen LogP contribution in [0.5, 0.6) is 0 Å². The van der Waals surface area contributed by atoms with Crippen molar-refractivity contribution in [1.29, 1.82) is 0 Å². The largest absolute Gasteiger partial charge is 0.368 e. The van der Waals surface area contributed by atoms with E-state index in [0.29, 0.717) is 10.6 Å². The molecule has 0 bridgehead atoms. The zero-order valence-corrected chi connectivity index (χ0v) is 21.3. The Hall–Kier alpha value is -2.54.